The third-order valence-electron chi connectivity index (χ3n) is 5.88. The second-order valence-electron chi connectivity index (χ2n) is 11.1. The summed E-state index contributed by atoms with van der Waals surface area (Å²) in [6, 6.07) is -1.09. The first-order valence-electron chi connectivity index (χ1n) is 10.6. The van der Waals surface area contributed by atoms with Crippen LogP contribution >= 0.6 is 0 Å². The molecule has 12 heteroatoms. The Bertz CT molecular complexity index is 726. The fraction of sp³-hybridized carbons (Fsp3) is 0.950. The van der Waals surface area contributed by atoms with Gasteiger partial charge in [-0.3, -0.25) is 4.90 Å². The van der Waals surface area contributed by atoms with Crippen molar-refractivity contribution in [3.05, 3.63) is 10.4 Å². The van der Waals surface area contributed by atoms with Gasteiger partial charge >= 0.3 is 12.3 Å². The molecule has 1 amide bonds. The minimum atomic E-state index is -4.73. The van der Waals surface area contributed by atoms with Crippen LogP contribution in [0.5, 0.6) is 0 Å². The monoisotopic (exact) mass is 482 g/mol. The van der Waals surface area contributed by atoms with Crippen LogP contribution in [0, 0.1) is 5.92 Å². The molecule has 0 aliphatic carbocycles. The summed E-state index contributed by atoms with van der Waals surface area (Å²) < 4.78 is 60.1. The highest BCUT2D eigenvalue weighted by molar-refractivity contribution is 6.74. The van der Waals surface area contributed by atoms with E-state index >= 15 is 0 Å². The van der Waals surface area contributed by atoms with E-state index in [-0.39, 0.29) is 6.61 Å². The number of nitrogens with zero attached hydrogens (tertiary/aromatic N) is 4. The molecule has 1 fully saturated rings. The van der Waals surface area contributed by atoms with Crippen molar-refractivity contribution in [2.24, 2.45) is 11.0 Å². The molecule has 0 spiro atoms. The zero-order valence-corrected chi connectivity index (χ0v) is 21.7. The van der Waals surface area contributed by atoms with Gasteiger partial charge in [0.05, 0.1) is 24.7 Å². The third-order valence-corrected chi connectivity index (χ3v) is 10.4. The van der Waals surface area contributed by atoms with Crippen molar-refractivity contribution in [1.82, 2.24) is 4.90 Å². The number of carbonyl (C=O) groups excluding carboxylic acids is 1. The molecule has 1 heterocycles. The number of ether oxygens (including phenoxy) is 2. The molecular formula is C20H37F3N4O4Si. The van der Waals surface area contributed by atoms with Crippen LogP contribution < -0.4 is 0 Å². The maximum Gasteiger partial charge on any atom is 0.412 e. The Hall–Kier alpha value is -1.49. The minimum absolute atomic E-state index is 0.172. The summed E-state index contributed by atoms with van der Waals surface area (Å²) in [6.45, 7) is 16.6. The van der Waals surface area contributed by atoms with Crippen LogP contribution in [0.4, 0.5) is 18.0 Å². The highest BCUT2D eigenvalue weighted by Crippen LogP contribution is 2.44. The van der Waals surface area contributed by atoms with Gasteiger partial charge in [-0.2, -0.15) is 13.2 Å². The van der Waals surface area contributed by atoms with Crippen molar-refractivity contribution in [2.45, 2.75) is 103 Å². The van der Waals surface area contributed by atoms with E-state index in [1.165, 1.54) is 4.90 Å². The van der Waals surface area contributed by atoms with Crippen LogP contribution in [0.3, 0.4) is 0 Å². The molecule has 0 aromatic carbocycles. The van der Waals surface area contributed by atoms with Crippen molar-refractivity contribution >= 4 is 14.4 Å². The number of rotatable bonds is 6. The normalized spacial score (nSPS) is 21.7. The van der Waals surface area contributed by atoms with Crippen molar-refractivity contribution in [3.8, 4) is 0 Å². The smallest absolute Gasteiger partial charge is 0.412 e. The van der Waals surface area contributed by atoms with Gasteiger partial charge in [0.25, 0.3) is 0 Å². The topological polar surface area (TPSA) is 96.8 Å². The predicted octanol–water partition coefficient (Wildman–Crippen LogP) is 6.24. The van der Waals surface area contributed by atoms with Crippen LogP contribution in [-0.2, 0) is 13.9 Å². The van der Waals surface area contributed by atoms with Crippen LogP contribution in [0.2, 0.25) is 18.1 Å². The molecule has 1 rings (SSSR count). The summed E-state index contributed by atoms with van der Waals surface area (Å²) in [4.78, 5) is 16.8. The number of halogens is 3. The molecule has 0 unspecified atom stereocenters. The summed E-state index contributed by atoms with van der Waals surface area (Å²) in [7, 11) is -2.74. The second-order valence-corrected chi connectivity index (χ2v) is 15.8. The summed E-state index contributed by atoms with van der Waals surface area (Å²) in [6.07, 6.45) is -7.03. The van der Waals surface area contributed by atoms with E-state index in [2.05, 4.69) is 10.0 Å². The standard InChI is InChI=1S/C20H37F3N4O4Si/c1-17(2,3)30-16(28)27-14(12-29-19(27,7)8)15(31-32(9,10)18(4,5)6)13(11-25-26-24)20(21,22)23/h13-15H,11-12H2,1-10H3/t13-,14+,15+/m0/s1. The molecule has 1 aliphatic heterocycles. The van der Waals surface area contributed by atoms with Gasteiger partial charge in [-0.15, -0.1) is 0 Å². The Labute approximate surface area is 189 Å². The largest absolute Gasteiger partial charge is 0.444 e. The predicted molar refractivity (Wildman–Crippen MR) is 118 cm³/mol. The van der Waals surface area contributed by atoms with Gasteiger partial charge in [0.15, 0.2) is 8.32 Å². The fourth-order valence-electron chi connectivity index (χ4n) is 3.20. The minimum Gasteiger partial charge on any atom is -0.444 e. The van der Waals surface area contributed by atoms with Gasteiger partial charge in [-0.1, -0.05) is 25.9 Å². The molecule has 1 aliphatic rings. The maximum atomic E-state index is 14.2. The number of azide groups is 1. The lowest BCUT2D eigenvalue weighted by Crippen LogP contribution is -2.60. The van der Waals surface area contributed by atoms with Gasteiger partial charge in [0.1, 0.15) is 11.3 Å². The lowest BCUT2D eigenvalue weighted by molar-refractivity contribution is -0.201. The van der Waals surface area contributed by atoms with Gasteiger partial charge in [-0.25, -0.2) is 4.79 Å². The highest BCUT2D eigenvalue weighted by Gasteiger charge is 2.57. The fourth-order valence-corrected chi connectivity index (χ4v) is 4.56. The number of carbonyl (C=O) groups is 1. The Balaban J connectivity index is 3.59. The Morgan fingerprint density at radius 2 is 1.78 bits per heavy atom. The van der Waals surface area contributed by atoms with Gasteiger partial charge < -0.3 is 13.9 Å². The molecule has 32 heavy (non-hydrogen) atoms. The van der Waals surface area contributed by atoms with Crippen LogP contribution in [0.1, 0.15) is 55.4 Å². The number of amides is 1. The number of hydrogen-bond acceptors (Lipinski definition) is 5. The van der Waals surface area contributed by atoms with E-state index in [1.54, 1.807) is 34.6 Å². The Morgan fingerprint density at radius 3 is 2.19 bits per heavy atom. The average molecular weight is 483 g/mol. The molecule has 0 aromatic heterocycles. The first kappa shape index (κ1) is 28.5. The quantitative estimate of drug-likeness (QED) is 0.194. The molecule has 8 nitrogen and oxygen atoms in total. The first-order valence-corrected chi connectivity index (χ1v) is 13.5. The van der Waals surface area contributed by atoms with E-state index in [4.69, 9.17) is 19.4 Å². The summed E-state index contributed by atoms with van der Waals surface area (Å²) >= 11 is 0. The second kappa shape index (κ2) is 9.40. The molecule has 186 valence electrons. The van der Waals surface area contributed by atoms with Crippen molar-refractivity contribution in [1.29, 1.82) is 0 Å². The van der Waals surface area contributed by atoms with Gasteiger partial charge in [0, 0.05) is 11.5 Å². The summed E-state index contributed by atoms with van der Waals surface area (Å²) in [5.41, 5.74) is 6.62. The van der Waals surface area contributed by atoms with E-state index in [0.29, 0.717) is 0 Å². The van der Waals surface area contributed by atoms with Crippen molar-refractivity contribution in [3.63, 3.8) is 0 Å². The van der Waals surface area contributed by atoms with Gasteiger partial charge in [0.2, 0.25) is 0 Å². The Morgan fingerprint density at radius 1 is 1.25 bits per heavy atom. The van der Waals surface area contributed by atoms with E-state index in [9.17, 15) is 18.0 Å². The molecule has 1 saturated heterocycles. The van der Waals surface area contributed by atoms with Crippen molar-refractivity contribution in [2.75, 3.05) is 13.2 Å². The van der Waals surface area contributed by atoms with Crippen molar-refractivity contribution < 1.29 is 31.9 Å². The lowest BCUT2D eigenvalue weighted by Gasteiger charge is -2.45. The lowest BCUT2D eigenvalue weighted by atomic mass is 9.94. The van der Waals surface area contributed by atoms with Crippen LogP contribution in [0.25, 0.3) is 10.4 Å². The molecule has 3 atom stereocenters. The summed E-state index contributed by atoms with van der Waals surface area (Å²) in [5, 5.41) is 2.81. The average Bonchev–Trinajstić information content (AvgIpc) is 2.85. The zero-order chi connectivity index (χ0) is 25.3. The molecular weight excluding hydrogens is 445 g/mol. The van der Waals surface area contributed by atoms with E-state index in [1.807, 2.05) is 33.9 Å². The van der Waals surface area contributed by atoms with E-state index in [0.717, 1.165) is 0 Å². The number of hydrogen-bond donors (Lipinski definition) is 0. The first-order chi connectivity index (χ1) is 14.1. The molecule has 0 saturated carbocycles. The third kappa shape index (κ3) is 7.00. The SMILES string of the molecule is CC(C)(C)OC(=O)N1[C@@H]([C@H](O[Si](C)(C)C(C)(C)C)[C@H](CN=[N+]=[N-])C(F)(F)F)COC1(C)C. The number of alkyl halides is 3. The molecule has 0 bridgehead atoms. The van der Waals surface area contributed by atoms with E-state index < -0.39 is 61.6 Å². The molecule has 0 N–H and O–H groups in total. The highest BCUT2D eigenvalue weighted by atomic mass is 28.4. The maximum absolute atomic E-state index is 14.2. The van der Waals surface area contributed by atoms with Gasteiger partial charge in [-0.05, 0) is 58.3 Å². The molecule has 0 radical (unpaired) electrons. The Kier molecular flexibility index (Phi) is 8.38. The summed E-state index contributed by atoms with van der Waals surface area (Å²) in [5.74, 6) is -2.13. The molecule has 0 aromatic rings. The zero-order valence-electron chi connectivity index (χ0n) is 20.7. The van der Waals surface area contributed by atoms with Crippen LogP contribution in [0.15, 0.2) is 5.11 Å². The van der Waals surface area contributed by atoms with Crippen LogP contribution in [-0.4, -0.2) is 62.1 Å².